The normalized spacial score (nSPS) is 11.1. The third-order valence-electron chi connectivity index (χ3n) is 3.37. The molecule has 6 nitrogen and oxygen atoms in total. The number of methoxy groups -OCH3 is 1. The van der Waals surface area contributed by atoms with Gasteiger partial charge in [-0.25, -0.2) is 13.1 Å². The van der Waals surface area contributed by atoms with Crippen molar-refractivity contribution in [3.63, 3.8) is 0 Å². The van der Waals surface area contributed by atoms with E-state index in [4.69, 9.17) is 4.74 Å². The number of ether oxygens (including phenoxy) is 1. The van der Waals surface area contributed by atoms with E-state index in [1.54, 1.807) is 42.5 Å². The minimum atomic E-state index is -3.60. The molecule has 7 heteroatoms. The number of rotatable bonds is 6. The van der Waals surface area contributed by atoms with Crippen LogP contribution in [0.3, 0.4) is 0 Å². The maximum atomic E-state index is 12.3. The zero-order chi connectivity index (χ0) is 17.7. The van der Waals surface area contributed by atoms with Gasteiger partial charge in [0.25, 0.3) is 0 Å². The molecule has 0 atom stereocenters. The van der Waals surface area contributed by atoms with Gasteiger partial charge in [0.1, 0.15) is 5.75 Å². The Morgan fingerprint density at radius 1 is 1.12 bits per heavy atom. The fraction of sp³-hybridized carbons (Fsp3) is 0.235. The lowest BCUT2D eigenvalue weighted by molar-refractivity contribution is -0.114. The van der Waals surface area contributed by atoms with Crippen LogP contribution in [0.1, 0.15) is 18.1 Å². The van der Waals surface area contributed by atoms with Gasteiger partial charge in [-0.3, -0.25) is 4.79 Å². The number of carbonyl (C=O) groups is 1. The Hall–Kier alpha value is -2.38. The quantitative estimate of drug-likeness (QED) is 0.840. The van der Waals surface area contributed by atoms with Crippen LogP contribution in [0.4, 0.5) is 5.69 Å². The van der Waals surface area contributed by atoms with E-state index in [1.807, 2.05) is 6.92 Å². The number of anilines is 1. The lowest BCUT2D eigenvalue weighted by atomic mass is 10.2. The molecule has 0 aliphatic rings. The van der Waals surface area contributed by atoms with Crippen LogP contribution in [0, 0.1) is 6.92 Å². The van der Waals surface area contributed by atoms with Gasteiger partial charge in [-0.2, -0.15) is 0 Å². The predicted molar refractivity (Wildman–Crippen MR) is 92.5 cm³/mol. The lowest BCUT2D eigenvalue weighted by Gasteiger charge is -2.12. The van der Waals surface area contributed by atoms with Gasteiger partial charge in [0.15, 0.2) is 0 Å². The molecule has 0 radical (unpaired) electrons. The Morgan fingerprint density at radius 2 is 1.79 bits per heavy atom. The summed E-state index contributed by atoms with van der Waals surface area (Å²) in [6, 6.07) is 11.7. The van der Waals surface area contributed by atoms with Crippen LogP contribution < -0.4 is 14.8 Å². The fourth-order valence-electron chi connectivity index (χ4n) is 2.13. The van der Waals surface area contributed by atoms with Crippen molar-refractivity contribution in [1.82, 2.24) is 4.72 Å². The van der Waals surface area contributed by atoms with Crippen LogP contribution in [-0.4, -0.2) is 21.4 Å². The van der Waals surface area contributed by atoms with E-state index in [9.17, 15) is 13.2 Å². The average Bonchev–Trinajstić information content (AvgIpc) is 2.53. The molecule has 0 saturated heterocycles. The van der Waals surface area contributed by atoms with Gasteiger partial charge in [-0.1, -0.05) is 23.8 Å². The largest absolute Gasteiger partial charge is 0.495 e. The van der Waals surface area contributed by atoms with E-state index < -0.39 is 10.0 Å². The molecule has 0 aliphatic heterocycles. The molecule has 2 aromatic carbocycles. The van der Waals surface area contributed by atoms with Gasteiger partial charge in [0.2, 0.25) is 15.9 Å². The van der Waals surface area contributed by atoms with Crippen LogP contribution in [0.5, 0.6) is 5.75 Å². The molecule has 0 saturated carbocycles. The molecular formula is C17H20N2O4S. The summed E-state index contributed by atoms with van der Waals surface area (Å²) >= 11 is 0. The zero-order valence-corrected chi connectivity index (χ0v) is 14.6. The van der Waals surface area contributed by atoms with Crippen LogP contribution >= 0.6 is 0 Å². The molecule has 2 aromatic rings. The first-order valence-electron chi connectivity index (χ1n) is 7.32. The van der Waals surface area contributed by atoms with Crippen molar-refractivity contribution in [1.29, 1.82) is 0 Å². The highest BCUT2D eigenvalue weighted by Crippen LogP contribution is 2.25. The van der Waals surface area contributed by atoms with E-state index >= 15 is 0 Å². The molecule has 2 N–H and O–H groups in total. The third kappa shape index (κ3) is 4.56. The minimum Gasteiger partial charge on any atom is -0.495 e. The summed E-state index contributed by atoms with van der Waals surface area (Å²) in [6.45, 7) is 3.39. The standard InChI is InChI=1S/C17H20N2O4S/c1-12-4-7-15(8-5-12)24(21,22)18-11-14-6-9-17(23-3)16(10-14)19-13(2)20/h4-10,18H,11H2,1-3H3,(H,19,20). The van der Waals surface area contributed by atoms with E-state index in [-0.39, 0.29) is 17.3 Å². The molecule has 0 fully saturated rings. The zero-order valence-electron chi connectivity index (χ0n) is 13.8. The first kappa shape index (κ1) is 18.0. The molecule has 0 aromatic heterocycles. The summed E-state index contributed by atoms with van der Waals surface area (Å²) < 4.78 is 32.3. The predicted octanol–water partition coefficient (Wildman–Crippen LogP) is 2.44. The summed E-state index contributed by atoms with van der Waals surface area (Å²) in [4.78, 5) is 11.5. The second-order valence-corrected chi connectivity index (χ2v) is 7.12. The van der Waals surface area contributed by atoms with Crippen LogP contribution in [0.25, 0.3) is 0 Å². The van der Waals surface area contributed by atoms with Crippen molar-refractivity contribution in [3.05, 3.63) is 53.6 Å². The second-order valence-electron chi connectivity index (χ2n) is 5.35. The summed E-state index contributed by atoms with van der Waals surface area (Å²) in [7, 11) is -2.10. The van der Waals surface area contributed by atoms with Crippen molar-refractivity contribution in [3.8, 4) is 5.75 Å². The fourth-order valence-corrected chi connectivity index (χ4v) is 3.15. The molecule has 0 heterocycles. The van der Waals surface area contributed by atoms with Gasteiger partial charge in [-0.05, 0) is 36.8 Å². The number of benzene rings is 2. The summed E-state index contributed by atoms with van der Waals surface area (Å²) in [5, 5.41) is 2.66. The van der Waals surface area contributed by atoms with E-state index in [2.05, 4.69) is 10.0 Å². The van der Waals surface area contributed by atoms with Crippen molar-refractivity contribution in [2.24, 2.45) is 0 Å². The smallest absolute Gasteiger partial charge is 0.240 e. The number of hydrogen-bond acceptors (Lipinski definition) is 4. The van der Waals surface area contributed by atoms with Crippen LogP contribution in [-0.2, 0) is 21.4 Å². The number of sulfonamides is 1. The van der Waals surface area contributed by atoms with E-state index in [0.29, 0.717) is 17.0 Å². The minimum absolute atomic E-state index is 0.104. The average molecular weight is 348 g/mol. The lowest BCUT2D eigenvalue weighted by Crippen LogP contribution is -2.23. The third-order valence-corrected chi connectivity index (χ3v) is 4.79. The molecule has 1 amide bonds. The van der Waals surface area contributed by atoms with Crippen molar-refractivity contribution < 1.29 is 17.9 Å². The van der Waals surface area contributed by atoms with E-state index in [1.165, 1.54) is 14.0 Å². The van der Waals surface area contributed by atoms with Gasteiger partial charge in [0.05, 0.1) is 17.7 Å². The Balaban J connectivity index is 2.16. The number of hydrogen-bond donors (Lipinski definition) is 2. The Morgan fingerprint density at radius 3 is 2.38 bits per heavy atom. The monoisotopic (exact) mass is 348 g/mol. The van der Waals surface area contributed by atoms with E-state index in [0.717, 1.165) is 5.56 Å². The maximum Gasteiger partial charge on any atom is 0.240 e. The molecule has 0 bridgehead atoms. The highest BCUT2D eigenvalue weighted by molar-refractivity contribution is 7.89. The topological polar surface area (TPSA) is 84.5 Å². The summed E-state index contributed by atoms with van der Waals surface area (Å²) in [5.74, 6) is 0.279. The maximum absolute atomic E-state index is 12.3. The molecule has 24 heavy (non-hydrogen) atoms. The number of carbonyl (C=O) groups excluding carboxylic acids is 1. The SMILES string of the molecule is COc1ccc(CNS(=O)(=O)c2ccc(C)cc2)cc1NC(C)=O. The molecular weight excluding hydrogens is 328 g/mol. The summed E-state index contributed by atoms with van der Waals surface area (Å²) in [5.41, 5.74) is 2.19. The van der Waals surface area contributed by atoms with Crippen LogP contribution in [0.15, 0.2) is 47.4 Å². The Bertz CT molecular complexity index is 830. The van der Waals surface area contributed by atoms with Gasteiger partial charge >= 0.3 is 0 Å². The Kier molecular flexibility index (Phi) is 5.58. The molecule has 2 rings (SSSR count). The summed E-state index contributed by atoms with van der Waals surface area (Å²) in [6.07, 6.45) is 0. The van der Waals surface area contributed by atoms with Gasteiger partial charge < -0.3 is 10.1 Å². The highest BCUT2D eigenvalue weighted by atomic mass is 32.2. The first-order chi connectivity index (χ1) is 11.3. The van der Waals surface area contributed by atoms with Crippen molar-refractivity contribution in [2.75, 3.05) is 12.4 Å². The number of aryl methyl sites for hydroxylation is 1. The Labute approximate surface area is 141 Å². The second kappa shape index (κ2) is 7.46. The van der Waals surface area contributed by atoms with Crippen molar-refractivity contribution in [2.45, 2.75) is 25.3 Å². The highest BCUT2D eigenvalue weighted by Gasteiger charge is 2.14. The first-order valence-corrected chi connectivity index (χ1v) is 8.81. The number of amides is 1. The van der Waals surface area contributed by atoms with Gasteiger partial charge in [-0.15, -0.1) is 0 Å². The van der Waals surface area contributed by atoms with Crippen molar-refractivity contribution >= 4 is 21.6 Å². The number of nitrogens with one attached hydrogen (secondary N) is 2. The molecule has 128 valence electrons. The molecule has 0 spiro atoms. The van der Waals surface area contributed by atoms with Crippen LogP contribution in [0.2, 0.25) is 0 Å². The molecule has 0 aliphatic carbocycles. The van der Waals surface area contributed by atoms with Gasteiger partial charge in [0, 0.05) is 13.5 Å². The molecule has 0 unspecified atom stereocenters.